The molecule has 3 heteroatoms. The minimum absolute atomic E-state index is 0.192. The molecule has 1 aliphatic heterocycles. The van der Waals surface area contributed by atoms with Gasteiger partial charge >= 0.3 is 0 Å². The second-order valence-electron chi connectivity index (χ2n) is 4.12. The van der Waals surface area contributed by atoms with Gasteiger partial charge < -0.3 is 9.64 Å². The third-order valence-electron chi connectivity index (χ3n) is 2.74. The summed E-state index contributed by atoms with van der Waals surface area (Å²) in [5.74, 6) is 1.01. The number of amides is 1. The van der Waals surface area contributed by atoms with Crippen molar-refractivity contribution in [3.63, 3.8) is 0 Å². The van der Waals surface area contributed by atoms with Gasteiger partial charge in [0.1, 0.15) is 12.4 Å². The van der Waals surface area contributed by atoms with Crippen LogP contribution in [0.25, 0.3) is 0 Å². The maximum atomic E-state index is 11.9. The summed E-state index contributed by atoms with van der Waals surface area (Å²) in [4.78, 5) is 13.8. The zero-order valence-electron chi connectivity index (χ0n) is 9.82. The van der Waals surface area contributed by atoms with E-state index in [-0.39, 0.29) is 5.91 Å². The summed E-state index contributed by atoms with van der Waals surface area (Å²) in [6.45, 7) is 5.30. The first-order valence-corrected chi connectivity index (χ1v) is 5.76. The molecule has 1 heterocycles. The number of ether oxygens (including phenoxy) is 1. The third kappa shape index (κ3) is 2.03. The van der Waals surface area contributed by atoms with Crippen LogP contribution in [0.3, 0.4) is 0 Å². The van der Waals surface area contributed by atoms with Gasteiger partial charge in [-0.2, -0.15) is 0 Å². The molecule has 0 bridgehead atoms. The Hall–Kier alpha value is -1.51. The summed E-state index contributed by atoms with van der Waals surface area (Å²) in [6, 6.07) is 5.96. The van der Waals surface area contributed by atoms with E-state index in [9.17, 15) is 4.79 Å². The Morgan fingerprint density at radius 1 is 1.50 bits per heavy atom. The van der Waals surface area contributed by atoms with Crippen molar-refractivity contribution in [3.05, 3.63) is 23.8 Å². The molecule has 0 aliphatic carbocycles. The highest BCUT2D eigenvalue weighted by Gasteiger charge is 2.22. The number of anilines is 1. The molecular formula is C13H17NO2. The zero-order chi connectivity index (χ0) is 11.5. The van der Waals surface area contributed by atoms with Crippen molar-refractivity contribution < 1.29 is 9.53 Å². The number of hydrogen-bond donors (Lipinski definition) is 0. The normalized spacial score (nSPS) is 14.2. The fourth-order valence-corrected chi connectivity index (χ4v) is 1.94. The van der Waals surface area contributed by atoms with Crippen LogP contribution >= 0.6 is 0 Å². The highest BCUT2D eigenvalue weighted by Crippen LogP contribution is 2.32. The first-order chi connectivity index (χ1) is 7.72. The lowest BCUT2D eigenvalue weighted by Crippen LogP contribution is -2.37. The second-order valence-corrected chi connectivity index (χ2v) is 4.12. The predicted octanol–water partition coefficient (Wildman–Crippen LogP) is 2.52. The van der Waals surface area contributed by atoms with Crippen molar-refractivity contribution in [1.29, 1.82) is 0 Å². The quantitative estimate of drug-likeness (QED) is 0.765. The Morgan fingerprint density at radius 2 is 2.31 bits per heavy atom. The van der Waals surface area contributed by atoms with Gasteiger partial charge in [0.25, 0.3) is 0 Å². The number of carbonyl (C=O) groups is 1. The lowest BCUT2D eigenvalue weighted by atomic mass is 10.1. The summed E-state index contributed by atoms with van der Waals surface area (Å²) in [5.41, 5.74) is 2.07. The third-order valence-corrected chi connectivity index (χ3v) is 2.74. The molecular weight excluding hydrogens is 202 g/mol. The molecule has 0 aromatic heterocycles. The number of rotatable bonds is 2. The minimum Gasteiger partial charge on any atom is -0.490 e. The van der Waals surface area contributed by atoms with Gasteiger partial charge in [-0.15, -0.1) is 0 Å². The number of nitrogens with zero attached hydrogens (tertiary/aromatic N) is 1. The van der Waals surface area contributed by atoms with Gasteiger partial charge in [-0.25, -0.2) is 0 Å². The predicted molar refractivity (Wildman–Crippen MR) is 63.9 cm³/mol. The molecule has 2 rings (SSSR count). The number of fused-ring (bicyclic) bond motifs is 1. The largest absolute Gasteiger partial charge is 0.490 e. The number of hydrogen-bond acceptors (Lipinski definition) is 2. The van der Waals surface area contributed by atoms with E-state index in [4.69, 9.17) is 4.74 Å². The maximum Gasteiger partial charge on any atom is 0.227 e. The Kier molecular flexibility index (Phi) is 3.13. The number of carbonyl (C=O) groups excluding carboxylic acids is 1. The Balaban J connectivity index is 2.31. The summed E-state index contributed by atoms with van der Waals surface area (Å²) < 4.78 is 5.54. The van der Waals surface area contributed by atoms with Crippen molar-refractivity contribution in [3.8, 4) is 5.75 Å². The van der Waals surface area contributed by atoms with Crippen molar-refractivity contribution in [2.45, 2.75) is 26.7 Å². The molecule has 0 saturated heterocycles. The molecule has 1 aromatic carbocycles. The smallest absolute Gasteiger partial charge is 0.227 e. The highest BCUT2D eigenvalue weighted by atomic mass is 16.5. The van der Waals surface area contributed by atoms with Gasteiger partial charge in [0, 0.05) is 6.42 Å². The molecule has 3 nitrogen and oxygen atoms in total. The van der Waals surface area contributed by atoms with Crippen molar-refractivity contribution in [2.24, 2.45) is 0 Å². The van der Waals surface area contributed by atoms with Gasteiger partial charge in [0.15, 0.2) is 0 Å². The van der Waals surface area contributed by atoms with Gasteiger partial charge in [0.2, 0.25) is 5.91 Å². The fourth-order valence-electron chi connectivity index (χ4n) is 1.94. The lowest BCUT2D eigenvalue weighted by molar-refractivity contribution is -0.118. The monoisotopic (exact) mass is 219 g/mol. The fraction of sp³-hybridized carbons (Fsp3) is 0.462. The summed E-state index contributed by atoms with van der Waals surface area (Å²) in [7, 11) is 0. The molecule has 0 fully saturated rings. The first-order valence-electron chi connectivity index (χ1n) is 5.76. The molecule has 0 atom stereocenters. The molecule has 0 unspecified atom stereocenters. The molecule has 0 N–H and O–H groups in total. The van der Waals surface area contributed by atoms with E-state index in [0.29, 0.717) is 19.6 Å². The van der Waals surface area contributed by atoms with Crippen LogP contribution in [0.2, 0.25) is 0 Å². The van der Waals surface area contributed by atoms with Gasteiger partial charge in [-0.05, 0) is 31.0 Å². The summed E-state index contributed by atoms with van der Waals surface area (Å²) in [6.07, 6.45) is 1.49. The van der Waals surface area contributed by atoms with Crippen molar-refractivity contribution >= 4 is 11.6 Å². The molecule has 16 heavy (non-hydrogen) atoms. The SMILES string of the molecule is CCCC(=O)N1CCOc2ccc(C)cc21. The van der Waals surface area contributed by atoms with E-state index >= 15 is 0 Å². The highest BCUT2D eigenvalue weighted by molar-refractivity contribution is 5.95. The van der Waals surface area contributed by atoms with E-state index in [1.54, 1.807) is 0 Å². The minimum atomic E-state index is 0.192. The molecule has 0 radical (unpaired) electrons. The van der Waals surface area contributed by atoms with Crippen LogP contribution < -0.4 is 9.64 Å². The average molecular weight is 219 g/mol. The van der Waals surface area contributed by atoms with Crippen LogP contribution in [0, 0.1) is 6.92 Å². The molecule has 1 aliphatic rings. The van der Waals surface area contributed by atoms with Crippen LogP contribution in [-0.4, -0.2) is 19.1 Å². The maximum absolute atomic E-state index is 11.9. The Bertz CT molecular complexity index is 401. The molecule has 86 valence electrons. The van der Waals surface area contributed by atoms with Gasteiger partial charge in [-0.3, -0.25) is 4.79 Å². The van der Waals surface area contributed by atoms with Crippen LogP contribution in [0.15, 0.2) is 18.2 Å². The van der Waals surface area contributed by atoms with E-state index in [0.717, 1.165) is 23.4 Å². The Morgan fingerprint density at radius 3 is 3.06 bits per heavy atom. The first kappa shape index (κ1) is 11.0. The summed E-state index contributed by atoms with van der Waals surface area (Å²) >= 11 is 0. The standard InChI is InChI=1S/C13H17NO2/c1-3-4-13(15)14-7-8-16-12-6-5-10(2)9-11(12)14/h5-6,9H,3-4,7-8H2,1-2H3. The Labute approximate surface area is 96.0 Å². The van der Waals surface area contributed by atoms with E-state index in [2.05, 4.69) is 0 Å². The lowest BCUT2D eigenvalue weighted by Gasteiger charge is -2.29. The summed E-state index contributed by atoms with van der Waals surface area (Å²) in [5, 5.41) is 0. The molecule has 1 aromatic rings. The van der Waals surface area contributed by atoms with Crippen molar-refractivity contribution in [1.82, 2.24) is 0 Å². The number of aryl methyl sites for hydroxylation is 1. The second kappa shape index (κ2) is 4.56. The van der Waals surface area contributed by atoms with Crippen LogP contribution in [-0.2, 0) is 4.79 Å². The molecule has 1 amide bonds. The van der Waals surface area contributed by atoms with Crippen molar-refractivity contribution in [2.75, 3.05) is 18.1 Å². The van der Waals surface area contributed by atoms with E-state index < -0.39 is 0 Å². The van der Waals surface area contributed by atoms with Crippen LogP contribution in [0.4, 0.5) is 5.69 Å². The molecule has 0 saturated carbocycles. The molecule has 0 spiro atoms. The van der Waals surface area contributed by atoms with E-state index in [1.807, 2.05) is 36.9 Å². The average Bonchev–Trinajstić information content (AvgIpc) is 2.28. The van der Waals surface area contributed by atoms with Crippen LogP contribution in [0.1, 0.15) is 25.3 Å². The zero-order valence-corrected chi connectivity index (χ0v) is 9.82. The van der Waals surface area contributed by atoms with Crippen LogP contribution in [0.5, 0.6) is 5.75 Å². The van der Waals surface area contributed by atoms with E-state index in [1.165, 1.54) is 0 Å². The van der Waals surface area contributed by atoms with Gasteiger partial charge in [-0.1, -0.05) is 13.0 Å². The number of benzene rings is 1. The van der Waals surface area contributed by atoms with Gasteiger partial charge in [0.05, 0.1) is 12.2 Å². The topological polar surface area (TPSA) is 29.5 Å².